The fourth-order valence-corrected chi connectivity index (χ4v) is 3.15. The minimum atomic E-state index is -0.829. The fourth-order valence-electron chi connectivity index (χ4n) is 1.54. The lowest BCUT2D eigenvalue weighted by atomic mass is 10.2. The highest BCUT2D eigenvalue weighted by Gasteiger charge is 2.06. The minimum Gasteiger partial charge on any atom is -0.481 e. The second-order valence-corrected chi connectivity index (χ2v) is 6.30. The molecule has 0 heterocycles. The lowest BCUT2D eigenvalue weighted by Crippen LogP contribution is -1.99. The van der Waals surface area contributed by atoms with Crippen LogP contribution in [-0.4, -0.2) is 11.1 Å². The molecule has 0 amide bonds. The molecule has 19 heavy (non-hydrogen) atoms. The SMILES string of the molecule is O=C(O)Cc1ccc(Sc2ccc(Cl)cc2)c(Br)c1. The van der Waals surface area contributed by atoms with Crippen molar-refractivity contribution in [3.63, 3.8) is 0 Å². The molecule has 2 aromatic rings. The molecule has 1 N–H and O–H groups in total. The number of halogens is 2. The molecular formula is C14H10BrClO2S. The fraction of sp³-hybridized carbons (Fsp3) is 0.0714. The van der Waals surface area contributed by atoms with E-state index >= 15 is 0 Å². The summed E-state index contributed by atoms with van der Waals surface area (Å²) in [6.45, 7) is 0. The third kappa shape index (κ3) is 4.27. The summed E-state index contributed by atoms with van der Waals surface area (Å²) in [5.41, 5.74) is 0.778. The van der Waals surface area contributed by atoms with Crippen LogP contribution >= 0.6 is 39.3 Å². The second kappa shape index (κ2) is 6.46. The summed E-state index contributed by atoms with van der Waals surface area (Å²) in [5.74, 6) is -0.829. The van der Waals surface area contributed by atoms with E-state index < -0.39 is 5.97 Å². The molecule has 0 saturated carbocycles. The third-order valence-electron chi connectivity index (χ3n) is 2.39. The molecule has 0 aliphatic carbocycles. The normalized spacial score (nSPS) is 10.4. The summed E-state index contributed by atoms with van der Waals surface area (Å²) in [6, 6.07) is 13.2. The largest absolute Gasteiger partial charge is 0.481 e. The van der Waals surface area contributed by atoms with Gasteiger partial charge in [0.15, 0.2) is 0 Å². The van der Waals surface area contributed by atoms with E-state index in [9.17, 15) is 4.79 Å². The van der Waals surface area contributed by atoms with Crippen LogP contribution in [0.1, 0.15) is 5.56 Å². The van der Waals surface area contributed by atoms with Gasteiger partial charge in [-0.05, 0) is 57.9 Å². The van der Waals surface area contributed by atoms with Crippen LogP contribution in [0.3, 0.4) is 0 Å². The van der Waals surface area contributed by atoms with E-state index in [0.717, 1.165) is 19.8 Å². The highest BCUT2D eigenvalue weighted by molar-refractivity contribution is 9.10. The topological polar surface area (TPSA) is 37.3 Å². The van der Waals surface area contributed by atoms with Gasteiger partial charge in [-0.25, -0.2) is 0 Å². The minimum absolute atomic E-state index is 0.0322. The Balaban J connectivity index is 2.17. The molecule has 2 rings (SSSR count). The molecule has 0 atom stereocenters. The number of carboxylic acids is 1. The Morgan fingerprint density at radius 3 is 2.47 bits per heavy atom. The number of hydrogen-bond acceptors (Lipinski definition) is 2. The summed E-state index contributed by atoms with van der Waals surface area (Å²) >= 11 is 10.9. The highest BCUT2D eigenvalue weighted by Crippen LogP contribution is 2.34. The van der Waals surface area contributed by atoms with Crippen molar-refractivity contribution in [2.24, 2.45) is 0 Å². The molecule has 0 aromatic heterocycles. The molecule has 0 aliphatic heterocycles. The first-order chi connectivity index (χ1) is 9.04. The zero-order chi connectivity index (χ0) is 13.8. The monoisotopic (exact) mass is 356 g/mol. The van der Waals surface area contributed by atoms with E-state index in [-0.39, 0.29) is 6.42 Å². The molecule has 0 spiro atoms. The molecule has 0 fully saturated rings. The van der Waals surface area contributed by atoms with E-state index in [1.54, 1.807) is 11.8 Å². The number of carbonyl (C=O) groups is 1. The zero-order valence-electron chi connectivity index (χ0n) is 9.77. The maximum absolute atomic E-state index is 10.7. The quantitative estimate of drug-likeness (QED) is 0.847. The summed E-state index contributed by atoms with van der Waals surface area (Å²) in [6.07, 6.45) is 0.0322. The van der Waals surface area contributed by atoms with Crippen molar-refractivity contribution in [1.29, 1.82) is 0 Å². The van der Waals surface area contributed by atoms with Gasteiger partial charge in [-0.2, -0.15) is 0 Å². The average molecular weight is 358 g/mol. The molecular weight excluding hydrogens is 348 g/mol. The lowest BCUT2D eigenvalue weighted by Gasteiger charge is -2.06. The first kappa shape index (κ1) is 14.4. The average Bonchev–Trinajstić information content (AvgIpc) is 2.34. The molecule has 0 bridgehead atoms. The summed E-state index contributed by atoms with van der Waals surface area (Å²) in [5, 5.41) is 9.46. The Morgan fingerprint density at radius 1 is 1.21 bits per heavy atom. The van der Waals surface area contributed by atoms with Gasteiger partial charge in [-0.1, -0.05) is 29.4 Å². The Kier molecular flexibility index (Phi) is 4.91. The van der Waals surface area contributed by atoms with E-state index in [2.05, 4.69) is 15.9 Å². The first-order valence-electron chi connectivity index (χ1n) is 5.48. The van der Waals surface area contributed by atoms with Gasteiger partial charge in [0.2, 0.25) is 0 Å². The van der Waals surface area contributed by atoms with Gasteiger partial charge in [0, 0.05) is 19.3 Å². The Labute approximate surface area is 128 Å². The van der Waals surface area contributed by atoms with Crippen LogP contribution in [-0.2, 0) is 11.2 Å². The summed E-state index contributed by atoms with van der Waals surface area (Å²) < 4.78 is 0.895. The van der Waals surface area contributed by atoms with Crippen LogP contribution < -0.4 is 0 Å². The molecule has 0 aliphatic rings. The Morgan fingerprint density at radius 2 is 1.89 bits per heavy atom. The maximum Gasteiger partial charge on any atom is 0.307 e. The Bertz CT molecular complexity index is 599. The molecule has 0 radical (unpaired) electrons. The van der Waals surface area contributed by atoms with Gasteiger partial charge < -0.3 is 5.11 Å². The number of hydrogen-bond donors (Lipinski definition) is 1. The molecule has 0 saturated heterocycles. The molecule has 5 heteroatoms. The van der Waals surface area contributed by atoms with Crippen LogP contribution in [0.25, 0.3) is 0 Å². The van der Waals surface area contributed by atoms with E-state index in [4.69, 9.17) is 16.7 Å². The maximum atomic E-state index is 10.7. The van der Waals surface area contributed by atoms with Crippen molar-refractivity contribution >= 4 is 45.3 Å². The van der Waals surface area contributed by atoms with Crippen LogP contribution in [0.2, 0.25) is 5.02 Å². The van der Waals surface area contributed by atoms with Gasteiger partial charge in [0.05, 0.1) is 6.42 Å². The lowest BCUT2D eigenvalue weighted by molar-refractivity contribution is -0.136. The van der Waals surface area contributed by atoms with Gasteiger partial charge >= 0.3 is 5.97 Å². The van der Waals surface area contributed by atoms with Crippen molar-refractivity contribution < 1.29 is 9.90 Å². The summed E-state index contributed by atoms with van der Waals surface area (Å²) in [4.78, 5) is 12.8. The van der Waals surface area contributed by atoms with Crippen molar-refractivity contribution in [2.45, 2.75) is 16.2 Å². The van der Waals surface area contributed by atoms with Crippen LogP contribution in [0, 0.1) is 0 Å². The number of aliphatic carboxylic acids is 1. The smallest absolute Gasteiger partial charge is 0.307 e. The predicted molar refractivity (Wildman–Crippen MR) is 81.1 cm³/mol. The van der Waals surface area contributed by atoms with Crippen molar-refractivity contribution in [3.05, 3.63) is 57.5 Å². The van der Waals surface area contributed by atoms with Crippen molar-refractivity contribution in [3.8, 4) is 0 Å². The number of rotatable bonds is 4. The standard InChI is InChI=1S/C14H10BrClO2S/c15-12-7-9(8-14(17)18)1-6-13(12)19-11-4-2-10(16)3-5-11/h1-7H,8H2,(H,17,18). The first-order valence-corrected chi connectivity index (χ1v) is 7.47. The van der Waals surface area contributed by atoms with Gasteiger partial charge in [0.1, 0.15) is 0 Å². The van der Waals surface area contributed by atoms with E-state index in [1.807, 2.05) is 42.5 Å². The van der Waals surface area contributed by atoms with Crippen LogP contribution in [0.5, 0.6) is 0 Å². The molecule has 98 valence electrons. The predicted octanol–water partition coefficient (Wildman–Crippen LogP) is 4.88. The number of carboxylic acid groups (broad SMARTS) is 1. The van der Waals surface area contributed by atoms with E-state index in [1.165, 1.54) is 0 Å². The summed E-state index contributed by atoms with van der Waals surface area (Å²) in [7, 11) is 0. The van der Waals surface area contributed by atoms with Gasteiger partial charge in [-0.3, -0.25) is 4.79 Å². The molecule has 2 nitrogen and oxygen atoms in total. The van der Waals surface area contributed by atoms with Gasteiger partial charge in [0.25, 0.3) is 0 Å². The number of benzene rings is 2. The van der Waals surface area contributed by atoms with Crippen molar-refractivity contribution in [2.75, 3.05) is 0 Å². The second-order valence-electron chi connectivity index (χ2n) is 3.89. The van der Waals surface area contributed by atoms with Crippen LogP contribution in [0.15, 0.2) is 56.7 Å². The third-order valence-corrected chi connectivity index (χ3v) is 4.65. The highest BCUT2D eigenvalue weighted by atomic mass is 79.9. The Hall–Kier alpha value is -0.970. The molecule has 2 aromatic carbocycles. The van der Waals surface area contributed by atoms with E-state index in [0.29, 0.717) is 5.02 Å². The zero-order valence-corrected chi connectivity index (χ0v) is 12.9. The van der Waals surface area contributed by atoms with Gasteiger partial charge in [-0.15, -0.1) is 0 Å². The van der Waals surface area contributed by atoms with Crippen molar-refractivity contribution in [1.82, 2.24) is 0 Å². The van der Waals surface area contributed by atoms with Crippen LogP contribution in [0.4, 0.5) is 0 Å². The molecule has 0 unspecified atom stereocenters.